The number of rotatable bonds is 3. The first-order valence-electron chi connectivity index (χ1n) is 9.06. The number of carboxylic acids is 2. The summed E-state index contributed by atoms with van der Waals surface area (Å²) in [5.41, 5.74) is 3.20. The van der Waals surface area contributed by atoms with Crippen molar-refractivity contribution in [2.75, 3.05) is 26.2 Å². The molecule has 2 N–H and O–H groups in total. The molecule has 1 amide bonds. The fourth-order valence-electron chi connectivity index (χ4n) is 2.91. The van der Waals surface area contributed by atoms with Crippen LogP contribution in [0, 0.1) is 12.7 Å². The van der Waals surface area contributed by atoms with E-state index in [-0.39, 0.29) is 11.7 Å². The Labute approximate surface area is 168 Å². The van der Waals surface area contributed by atoms with E-state index in [1.54, 1.807) is 12.1 Å². The lowest BCUT2D eigenvalue weighted by Crippen LogP contribution is -2.48. The van der Waals surface area contributed by atoms with Crippen LogP contribution in [0.1, 0.15) is 21.5 Å². The van der Waals surface area contributed by atoms with Gasteiger partial charge in [0.05, 0.1) is 0 Å². The molecule has 2 aromatic rings. The van der Waals surface area contributed by atoms with E-state index in [1.165, 1.54) is 23.3 Å². The number of piperazine rings is 1. The summed E-state index contributed by atoms with van der Waals surface area (Å²) in [6.45, 7) is 6.20. The largest absolute Gasteiger partial charge is 0.473 e. The third-order valence-electron chi connectivity index (χ3n) is 4.59. The van der Waals surface area contributed by atoms with Gasteiger partial charge in [0.15, 0.2) is 0 Å². The number of nitrogens with zero attached hydrogens (tertiary/aromatic N) is 2. The smallest absolute Gasteiger partial charge is 0.414 e. The molecule has 1 fully saturated rings. The van der Waals surface area contributed by atoms with Crippen molar-refractivity contribution in [3.63, 3.8) is 0 Å². The van der Waals surface area contributed by atoms with Gasteiger partial charge in [0, 0.05) is 38.3 Å². The summed E-state index contributed by atoms with van der Waals surface area (Å²) in [6.07, 6.45) is 0. The van der Waals surface area contributed by atoms with Crippen LogP contribution >= 0.6 is 0 Å². The van der Waals surface area contributed by atoms with Crippen LogP contribution in [0.4, 0.5) is 4.39 Å². The van der Waals surface area contributed by atoms with Gasteiger partial charge < -0.3 is 15.1 Å². The number of carbonyl (C=O) groups excluding carboxylic acids is 1. The van der Waals surface area contributed by atoms with Gasteiger partial charge in [-0.1, -0.05) is 24.3 Å². The molecule has 0 aliphatic carbocycles. The fourth-order valence-corrected chi connectivity index (χ4v) is 2.91. The predicted octanol–water partition coefficient (Wildman–Crippen LogP) is 2.25. The van der Waals surface area contributed by atoms with Crippen molar-refractivity contribution in [2.24, 2.45) is 0 Å². The minimum Gasteiger partial charge on any atom is -0.473 e. The SMILES string of the molecule is Cc1ccccc1CN1CCN(C(=O)c2ccc(F)cc2)CC1.O=C(O)C(=O)O. The molecule has 8 heteroatoms. The van der Waals surface area contributed by atoms with Crippen molar-refractivity contribution in [1.82, 2.24) is 9.80 Å². The fraction of sp³-hybridized carbons (Fsp3) is 0.286. The number of benzene rings is 2. The highest BCUT2D eigenvalue weighted by Gasteiger charge is 2.22. The lowest BCUT2D eigenvalue weighted by atomic mass is 10.1. The highest BCUT2D eigenvalue weighted by molar-refractivity contribution is 6.27. The zero-order valence-electron chi connectivity index (χ0n) is 16.0. The van der Waals surface area contributed by atoms with Crippen LogP contribution in [0.15, 0.2) is 48.5 Å². The van der Waals surface area contributed by atoms with Crippen LogP contribution < -0.4 is 0 Å². The Morgan fingerprint density at radius 3 is 1.97 bits per heavy atom. The molecule has 3 rings (SSSR count). The monoisotopic (exact) mass is 402 g/mol. The summed E-state index contributed by atoms with van der Waals surface area (Å²) in [5.74, 6) is -3.98. The first kappa shape index (κ1) is 22.0. The molecule has 1 heterocycles. The Morgan fingerprint density at radius 2 is 1.45 bits per heavy atom. The molecule has 0 unspecified atom stereocenters. The van der Waals surface area contributed by atoms with E-state index >= 15 is 0 Å². The van der Waals surface area contributed by atoms with Gasteiger partial charge in [-0.05, 0) is 42.3 Å². The average Bonchev–Trinajstić information content (AvgIpc) is 2.71. The molecule has 1 aliphatic heterocycles. The minimum atomic E-state index is -1.82. The van der Waals surface area contributed by atoms with E-state index in [9.17, 15) is 9.18 Å². The van der Waals surface area contributed by atoms with E-state index in [0.29, 0.717) is 18.7 Å². The van der Waals surface area contributed by atoms with Gasteiger partial charge in [-0.25, -0.2) is 14.0 Å². The minimum absolute atomic E-state index is 0.0134. The van der Waals surface area contributed by atoms with E-state index < -0.39 is 11.9 Å². The summed E-state index contributed by atoms with van der Waals surface area (Å²) < 4.78 is 13.0. The van der Waals surface area contributed by atoms with Crippen LogP contribution in [0.25, 0.3) is 0 Å². The molecule has 0 bridgehead atoms. The molecule has 1 aliphatic rings. The summed E-state index contributed by atoms with van der Waals surface area (Å²) in [4.78, 5) is 34.8. The molecule has 2 aromatic carbocycles. The number of aliphatic carboxylic acids is 2. The van der Waals surface area contributed by atoms with E-state index in [4.69, 9.17) is 19.8 Å². The van der Waals surface area contributed by atoms with Crippen molar-refractivity contribution in [3.05, 3.63) is 71.0 Å². The molecule has 0 spiro atoms. The van der Waals surface area contributed by atoms with Crippen LogP contribution in [0.3, 0.4) is 0 Å². The second kappa shape index (κ2) is 10.3. The maximum Gasteiger partial charge on any atom is 0.414 e. The topological polar surface area (TPSA) is 98.2 Å². The number of hydrogen-bond donors (Lipinski definition) is 2. The summed E-state index contributed by atoms with van der Waals surface area (Å²) in [7, 11) is 0. The van der Waals surface area contributed by atoms with Crippen LogP contribution in [-0.2, 0) is 16.1 Å². The first-order valence-corrected chi connectivity index (χ1v) is 9.06. The Morgan fingerprint density at radius 1 is 0.897 bits per heavy atom. The van der Waals surface area contributed by atoms with Crippen LogP contribution in [0.5, 0.6) is 0 Å². The molecule has 0 saturated carbocycles. The molecular weight excluding hydrogens is 379 g/mol. The Hall–Kier alpha value is -3.26. The summed E-state index contributed by atoms with van der Waals surface area (Å²) in [5, 5.41) is 14.8. The Bertz CT molecular complexity index is 850. The highest BCUT2D eigenvalue weighted by atomic mass is 19.1. The second-order valence-electron chi connectivity index (χ2n) is 6.61. The van der Waals surface area contributed by atoms with Crippen molar-refractivity contribution in [1.29, 1.82) is 0 Å². The first-order chi connectivity index (χ1) is 13.8. The van der Waals surface area contributed by atoms with Crippen molar-refractivity contribution < 1.29 is 29.0 Å². The third-order valence-corrected chi connectivity index (χ3v) is 4.59. The zero-order valence-corrected chi connectivity index (χ0v) is 16.0. The van der Waals surface area contributed by atoms with Gasteiger partial charge in [0.25, 0.3) is 5.91 Å². The van der Waals surface area contributed by atoms with Crippen molar-refractivity contribution >= 4 is 17.8 Å². The number of carboxylic acid groups (broad SMARTS) is 2. The molecular formula is C21H23FN2O5. The molecule has 1 saturated heterocycles. The molecule has 0 atom stereocenters. The number of carbonyl (C=O) groups is 3. The van der Waals surface area contributed by atoms with Gasteiger partial charge in [0.1, 0.15) is 5.82 Å². The van der Waals surface area contributed by atoms with Gasteiger partial charge >= 0.3 is 11.9 Å². The van der Waals surface area contributed by atoms with Gasteiger partial charge in [-0.15, -0.1) is 0 Å². The highest BCUT2D eigenvalue weighted by Crippen LogP contribution is 2.14. The average molecular weight is 402 g/mol. The lowest BCUT2D eigenvalue weighted by Gasteiger charge is -2.35. The molecule has 7 nitrogen and oxygen atoms in total. The third kappa shape index (κ3) is 6.69. The maximum absolute atomic E-state index is 13.0. The van der Waals surface area contributed by atoms with Gasteiger partial charge in [-0.2, -0.15) is 0 Å². The summed E-state index contributed by atoms with van der Waals surface area (Å²) >= 11 is 0. The number of amides is 1. The van der Waals surface area contributed by atoms with E-state index in [2.05, 4.69) is 36.1 Å². The quantitative estimate of drug-likeness (QED) is 0.765. The molecule has 0 radical (unpaired) electrons. The second-order valence-corrected chi connectivity index (χ2v) is 6.61. The molecule has 0 aromatic heterocycles. The molecule has 29 heavy (non-hydrogen) atoms. The van der Waals surface area contributed by atoms with Crippen LogP contribution in [-0.4, -0.2) is 64.0 Å². The van der Waals surface area contributed by atoms with E-state index in [0.717, 1.165) is 19.6 Å². The number of hydrogen-bond acceptors (Lipinski definition) is 4. The van der Waals surface area contributed by atoms with Crippen molar-refractivity contribution in [3.8, 4) is 0 Å². The normalized spacial score (nSPS) is 13.9. The van der Waals surface area contributed by atoms with Gasteiger partial charge in [-0.3, -0.25) is 9.69 Å². The lowest BCUT2D eigenvalue weighted by molar-refractivity contribution is -0.159. The summed E-state index contributed by atoms with van der Waals surface area (Å²) in [6, 6.07) is 14.2. The van der Waals surface area contributed by atoms with E-state index in [1.807, 2.05) is 4.90 Å². The Balaban J connectivity index is 0.000000438. The predicted molar refractivity (Wildman–Crippen MR) is 104 cm³/mol. The Kier molecular flexibility index (Phi) is 7.85. The van der Waals surface area contributed by atoms with Crippen LogP contribution in [0.2, 0.25) is 0 Å². The van der Waals surface area contributed by atoms with Gasteiger partial charge in [0.2, 0.25) is 0 Å². The van der Waals surface area contributed by atoms with Crippen molar-refractivity contribution in [2.45, 2.75) is 13.5 Å². The zero-order chi connectivity index (χ0) is 21.4. The molecule has 154 valence electrons. The number of aryl methyl sites for hydroxylation is 1. The maximum atomic E-state index is 13.0. The standard InChI is InChI=1S/C19H21FN2O.C2H2O4/c1-15-4-2-3-5-17(15)14-21-10-12-22(13-11-21)19(23)16-6-8-18(20)9-7-16;3-1(4)2(5)6/h2-9H,10-14H2,1H3;(H,3,4)(H,5,6). The number of halogens is 1.